The third-order valence-electron chi connectivity index (χ3n) is 2.92. The maximum absolute atomic E-state index is 12.3. The number of rotatable bonds is 4. The number of pyridine rings is 1. The van der Waals surface area contributed by atoms with Gasteiger partial charge in [-0.25, -0.2) is 0 Å². The fourth-order valence-electron chi connectivity index (χ4n) is 1.93. The molecule has 1 heterocycles. The predicted molar refractivity (Wildman–Crippen MR) is 80.8 cm³/mol. The van der Waals surface area contributed by atoms with Crippen molar-refractivity contribution in [2.75, 3.05) is 12.4 Å². The Balaban J connectivity index is 2.03. The van der Waals surface area contributed by atoms with Gasteiger partial charge in [-0.15, -0.1) is 0 Å². The van der Waals surface area contributed by atoms with Gasteiger partial charge >= 0.3 is 0 Å². The van der Waals surface area contributed by atoms with Crippen LogP contribution in [0.3, 0.4) is 0 Å². The molecule has 0 aliphatic heterocycles. The molecule has 0 spiro atoms. The Kier molecular flexibility index (Phi) is 4.66. The van der Waals surface area contributed by atoms with Crippen molar-refractivity contribution in [1.29, 1.82) is 0 Å². The molecule has 0 aliphatic rings. The monoisotopic (exact) mass is 283 g/mol. The zero-order valence-electron chi connectivity index (χ0n) is 12.0. The lowest BCUT2D eigenvalue weighted by atomic mass is 10.1. The van der Waals surface area contributed by atoms with Gasteiger partial charge in [0.05, 0.1) is 12.2 Å². The average molecular weight is 283 g/mol. The summed E-state index contributed by atoms with van der Waals surface area (Å²) in [4.78, 5) is 29.1. The minimum absolute atomic E-state index is 0.0879. The Morgan fingerprint density at radius 2 is 1.86 bits per heavy atom. The summed E-state index contributed by atoms with van der Waals surface area (Å²) in [7, 11) is 1.73. The van der Waals surface area contributed by atoms with Crippen molar-refractivity contribution in [3.8, 4) is 0 Å². The van der Waals surface area contributed by atoms with E-state index in [1.807, 2.05) is 18.2 Å². The Labute approximate surface area is 123 Å². The molecule has 1 N–H and O–H groups in total. The van der Waals surface area contributed by atoms with Gasteiger partial charge in [-0.2, -0.15) is 0 Å². The first kappa shape index (κ1) is 14.7. The van der Waals surface area contributed by atoms with Gasteiger partial charge in [0.2, 0.25) is 5.91 Å². The molecule has 0 aliphatic carbocycles. The lowest BCUT2D eigenvalue weighted by Crippen LogP contribution is -2.26. The van der Waals surface area contributed by atoms with E-state index in [1.165, 1.54) is 6.92 Å². The summed E-state index contributed by atoms with van der Waals surface area (Å²) in [5.74, 6) is -0.226. The molecule has 0 atom stereocenters. The number of benzene rings is 1. The van der Waals surface area contributed by atoms with E-state index in [-0.39, 0.29) is 11.8 Å². The Hall–Kier alpha value is -2.69. The Morgan fingerprint density at radius 3 is 2.43 bits per heavy atom. The van der Waals surface area contributed by atoms with Crippen LogP contribution in [0.1, 0.15) is 23.0 Å². The van der Waals surface area contributed by atoms with Crippen molar-refractivity contribution in [1.82, 2.24) is 9.88 Å². The smallest absolute Gasteiger partial charge is 0.253 e. The number of amides is 2. The number of hydrogen-bond acceptors (Lipinski definition) is 3. The third-order valence-corrected chi connectivity index (χ3v) is 2.92. The van der Waals surface area contributed by atoms with Crippen LogP contribution < -0.4 is 5.32 Å². The van der Waals surface area contributed by atoms with Crippen LogP contribution in [0.2, 0.25) is 0 Å². The van der Waals surface area contributed by atoms with Gasteiger partial charge in [-0.3, -0.25) is 14.6 Å². The van der Waals surface area contributed by atoms with Crippen molar-refractivity contribution in [2.45, 2.75) is 13.5 Å². The minimum Gasteiger partial charge on any atom is -0.336 e. The summed E-state index contributed by atoms with van der Waals surface area (Å²) in [6, 6.07) is 12.4. The van der Waals surface area contributed by atoms with Gasteiger partial charge < -0.3 is 10.2 Å². The number of anilines is 1. The second kappa shape index (κ2) is 6.65. The maximum Gasteiger partial charge on any atom is 0.253 e. The van der Waals surface area contributed by atoms with E-state index in [0.29, 0.717) is 17.8 Å². The molecule has 2 rings (SSSR count). The molecule has 108 valence electrons. The van der Waals surface area contributed by atoms with E-state index >= 15 is 0 Å². The first-order valence-electron chi connectivity index (χ1n) is 6.59. The summed E-state index contributed by atoms with van der Waals surface area (Å²) in [5.41, 5.74) is 2.08. The van der Waals surface area contributed by atoms with Crippen molar-refractivity contribution < 1.29 is 9.59 Å². The van der Waals surface area contributed by atoms with Gasteiger partial charge in [0.1, 0.15) is 0 Å². The highest BCUT2D eigenvalue weighted by atomic mass is 16.2. The molecule has 21 heavy (non-hydrogen) atoms. The molecule has 1 aromatic carbocycles. The third kappa shape index (κ3) is 4.14. The molecule has 0 radical (unpaired) electrons. The normalized spacial score (nSPS) is 10.0. The van der Waals surface area contributed by atoms with Gasteiger partial charge in [0.25, 0.3) is 5.91 Å². The molecule has 5 heteroatoms. The highest BCUT2D eigenvalue weighted by molar-refractivity contribution is 5.95. The van der Waals surface area contributed by atoms with E-state index in [9.17, 15) is 9.59 Å². The zero-order valence-corrected chi connectivity index (χ0v) is 12.0. The quantitative estimate of drug-likeness (QED) is 0.936. The number of carbonyl (C=O) groups excluding carboxylic acids is 2. The second-order valence-electron chi connectivity index (χ2n) is 4.74. The standard InChI is InChI=1S/C16H17N3O2/c1-12(20)18-14-8-6-13(7-9-14)16(21)19(2)11-15-5-3-4-10-17-15/h3-10H,11H2,1-2H3,(H,18,20). The van der Waals surface area contributed by atoms with Crippen LogP contribution in [-0.4, -0.2) is 28.7 Å². The number of aromatic nitrogens is 1. The SMILES string of the molecule is CC(=O)Nc1ccc(C(=O)N(C)Cc2ccccn2)cc1. The van der Waals surface area contributed by atoms with Gasteiger partial charge in [-0.05, 0) is 36.4 Å². The molecule has 1 aromatic heterocycles. The summed E-state index contributed by atoms with van der Waals surface area (Å²) in [6.45, 7) is 1.90. The lowest BCUT2D eigenvalue weighted by Gasteiger charge is -2.17. The average Bonchev–Trinajstić information content (AvgIpc) is 2.47. The lowest BCUT2D eigenvalue weighted by molar-refractivity contribution is -0.114. The summed E-state index contributed by atoms with van der Waals surface area (Å²) in [5, 5.41) is 2.67. The minimum atomic E-state index is -0.138. The van der Waals surface area contributed by atoms with Crippen molar-refractivity contribution in [3.63, 3.8) is 0 Å². The molecule has 2 aromatic rings. The molecule has 0 fully saturated rings. The van der Waals surface area contributed by atoms with Gasteiger partial charge in [0.15, 0.2) is 0 Å². The van der Waals surface area contributed by atoms with Crippen LogP contribution >= 0.6 is 0 Å². The highest BCUT2D eigenvalue weighted by Crippen LogP contribution is 2.12. The van der Waals surface area contributed by atoms with Crippen LogP contribution in [-0.2, 0) is 11.3 Å². The number of hydrogen-bond donors (Lipinski definition) is 1. The Bertz CT molecular complexity index is 624. The van der Waals surface area contributed by atoms with Gasteiger partial charge in [-0.1, -0.05) is 6.07 Å². The molecule has 0 saturated carbocycles. The maximum atomic E-state index is 12.3. The van der Waals surface area contributed by atoms with Crippen molar-refractivity contribution >= 4 is 17.5 Å². The molecule has 2 amide bonds. The second-order valence-corrected chi connectivity index (χ2v) is 4.74. The van der Waals surface area contributed by atoms with Crippen LogP contribution in [0.25, 0.3) is 0 Å². The molecular formula is C16H17N3O2. The first-order valence-corrected chi connectivity index (χ1v) is 6.59. The molecular weight excluding hydrogens is 266 g/mol. The highest BCUT2D eigenvalue weighted by Gasteiger charge is 2.12. The zero-order chi connectivity index (χ0) is 15.2. The van der Waals surface area contributed by atoms with Crippen LogP contribution in [0.4, 0.5) is 5.69 Å². The van der Waals surface area contributed by atoms with E-state index in [1.54, 1.807) is 42.4 Å². The summed E-state index contributed by atoms with van der Waals surface area (Å²) >= 11 is 0. The fourth-order valence-corrected chi connectivity index (χ4v) is 1.93. The van der Waals surface area contributed by atoms with E-state index in [4.69, 9.17) is 0 Å². The largest absolute Gasteiger partial charge is 0.336 e. The molecule has 5 nitrogen and oxygen atoms in total. The molecule has 0 bridgehead atoms. The fraction of sp³-hybridized carbons (Fsp3) is 0.188. The predicted octanol–water partition coefficient (Wildman–Crippen LogP) is 2.31. The van der Waals surface area contributed by atoms with Crippen LogP contribution in [0.5, 0.6) is 0 Å². The van der Waals surface area contributed by atoms with Crippen molar-refractivity contribution in [3.05, 3.63) is 59.9 Å². The number of nitrogens with one attached hydrogen (secondary N) is 1. The van der Waals surface area contributed by atoms with Crippen molar-refractivity contribution in [2.24, 2.45) is 0 Å². The van der Waals surface area contributed by atoms with E-state index in [0.717, 1.165) is 5.69 Å². The molecule has 0 unspecified atom stereocenters. The Morgan fingerprint density at radius 1 is 1.14 bits per heavy atom. The van der Waals surface area contributed by atoms with E-state index in [2.05, 4.69) is 10.3 Å². The van der Waals surface area contributed by atoms with E-state index < -0.39 is 0 Å². The number of carbonyl (C=O) groups is 2. The molecule has 0 saturated heterocycles. The van der Waals surface area contributed by atoms with Gasteiger partial charge in [0, 0.05) is 31.4 Å². The van der Waals surface area contributed by atoms with Crippen LogP contribution in [0, 0.1) is 0 Å². The number of nitrogens with zero attached hydrogens (tertiary/aromatic N) is 2. The first-order chi connectivity index (χ1) is 10.1. The summed E-state index contributed by atoms with van der Waals surface area (Å²) in [6.07, 6.45) is 1.70. The summed E-state index contributed by atoms with van der Waals surface area (Å²) < 4.78 is 0. The van der Waals surface area contributed by atoms with Crippen LogP contribution in [0.15, 0.2) is 48.7 Å². The topological polar surface area (TPSA) is 62.3 Å².